The maximum atomic E-state index is 13.5. The predicted molar refractivity (Wildman–Crippen MR) is 565 cm³/mol. The molecule has 30 heteroatoms. The number of hydrogen-bond donors (Lipinski definition) is 4. The molecule has 0 spiro atoms. The number of nitrogens with one attached hydrogen (secondary N) is 2. The second-order valence-electron chi connectivity index (χ2n) is 35.1. The maximum absolute atomic E-state index is 13.5. The molecule has 1 amide bonds. The van der Waals surface area contributed by atoms with Crippen LogP contribution in [0.3, 0.4) is 0 Å². The largest absolute Gasteiger partial charge is 0.478 e. The standard InChI is InChI=1S/C31H36N4O3S.C26H28N4OS.C17H23N3O2.C15H19N3O2.C12H10BrNO2.C5H14N2/c1-31(2,3)38-30(37)33-26-12-10-22(29-8-7-15-39-29)17-23(26)18-28(36)24-16-21-9-11-25(19-27(21)32-20-24)35(6)14-13-34(4)5;1-29(2)10-11-30(3)22-8-6-18-13-21(17-28-24(18)16-22)25(31)15-20-14-19(7-9-23(20)27)26-5-4-12-32-26;1-5-22-17(21)14-10-13-6-7-15(11-16(13)18-12-14)20(4)9-8-19(2)3;1-17(2)6-7-18(3)13-5-4-11-8-12(15(19)20)10-16-14(11)9-13;1-2-16-12(15)9-5-8-3-4-10(13)6-11(8)14-7-9;1-6-4-5-7(2)3/h7-12,15-17,19-20H,13-14,18H2,1-6H3,(H,33,37);4-9,12-14,16-17H,10-11,15,27H2,1-3H3;6-7,10-12H,5,8-9H2,1-4H3;4-5,8-10H,6-7H2,1-3H3,(H,19,20);3-7H,2H2,1H3;6H,4-5H2,1-3H3. The lowest BCUT2D eigenvalue weighted by molar-refractivity contribution is 0.0516. The minimum absolute atomic E-state index is 0.0154. The highest BCUT2D eigenvalue weighted by molar-refractivity contribution is 9.10. The Labute approximate surface area is 816 Å². The zero-order valence-electron chi connectivity index (χ0n) is 81.9. The number of ether oxygens (including phenoxy) is 3. The fourth-order valence-electron chi connectivity index (χ4n) is 13.6. The first-order valence-corrected chi connectivity index (χ1v) is 47.5. The van der Waals surface area contributed by atoms with Crippen LogP contribution in [-0.2, 0) is 27.1 Å². The van der Waals surface area contributed by atoms with E-state index in [1.54, 1.807) is 67.2 Å². The van der Waals surface area contributed by atoms with Crippen LogP contribution in [0.1, 0.15) is 97.5 Å². The number of rotatable bonds is 33. The van der Waals surface area contributed by atoms with Crippen molar-refractivity contribution in [3.05, 3.63) is 267 Å². The molecule has 0 unspecified atom stereocenters. The van der Waals surface area contributed by atoms with E-state index in [9.17, 15) is 28.8 Å². The van der Waals surface area contributed by atoms with E-state index >= 15 is 0 Å². The lowest BCUT2D eigenvalue weighted by Gasteiger charge is -2.21. The molecule has 0 aliphatic rings. The van der Waals surface area contributed by atoms with Gasteiger partial charge in [-0.05, 0) is 273 Å². The van der Waals surface area contributed by atoms with Crippen molar-refractivity contribution in [2.75, 3.05) is 215 Å². The Morgan fingerprint density at radius 1 is 0.404 bits per heavy atom. The van der Waals surface area contributed by atoms with Crippen LogP contribution in [0.15, 0.2) is 228 Å². The number of aromatic carboxylic acids is 1. The van der Waals surface area contributed by atoms with E-state index in [-0.39, 0.29) is 41.9 Å². The number of nitrogens with two attached hydrogens (primary N) is 1. The van der Waals surface area contributed by atoms with Crippen molar-refractivity contribution >= 4 is 163 Å². The molecule has 7 aromatic carbocycles. The first-order chi connectivity index (χ1) is 64.8. The van der Waals surface area contributed by atoms with Gasteiger partial charge < -0.3 is 74.5 Å². The number of carbonyl (C=O) groups excluding carboxylic acids is 5. The number of amides is 1. The summed E-state index contributed by atoms with van der Waals surface area (Å²) in [4.78, 5) is 117. The minimum Gasteiger partial charge on any atom is -0.478 e. The van der Waals surface area contributed by atoms with Crippen LogP contribution in [0.25, 0.3) is 75.4 Å². The van der Waals surface area contributed by atoms with Gasteiger partial charge in [0.25, 0.3) is 0 Å². The van der Waals surface area contributed by atoms with Crippen molar-refractivity contribution in [2.24, 2.45) is 0 Å². The second kappa shape index (κ2) is 52.4. The van der Waals surface area contributed by atoms with Crippen LogP contribution in [-0.4, -0.2) is 280 Å². The highest BCUT2D eigenvalue weighted by atomic mass is 79.9. The lowest BCUT2D eigenvalue weighted by Crippen LogP contribution is -2.28. The minimum atomic E-state index is -0.952. The van der Waals surface area contributed by atoms with E-state index in [1.807, 2.05) is 199 Å². The average Bonchev–Trinajstić information content (AvgIpc) is 1.35. The summed E-state index contributed by atoms with van der Waals surface area (Å²) in [6.45, 7) is 19.5. The number of likely N-dealkylation sites (N-methyl/N-ethyl adjacent to an activating group) is 10. The van der Waals surface area contributed by atoms with Crippen LogP contribution >= 0.6 is 38.6 Å². The van der Waals surface area contributed by atoms with E-state index < -0.39 is 17.7 Å². The number of ketones is 2. The summed E-state index contributed by atoms with van der Waals surface area (Å²) in [6, 6.07) is 58.8. The van der Waals surface area contributed by atoms with Crippen molar-refractivity contribution < 1.29 is 48.1 Å². The quantitative estimate of drug-likeness (QED) is 0.0129. The Bertz CT molecular complexity index is 6310. The molecular formula is C106H130BrN17O10S2. The molecule has 7 heterocycles. The number of aromatic nitrogens is 5. The van der Waals surface area contributed by atoms with Gasteiger partial charge in [0, 0.05) is 224 Å². The summed E-state index contributed by atoms with van der Waals surface area (Å²) in [5.74, 6) is -1.68. The fraction of sp³-hybridized carbons (Fsp3) is 0.330. The van der Waals surface area contributed by atoms with Gasteiger partial charge >= 0.3 is 24.0 Å². The molecule has 0 saturated heterocycles. The van der Waals surface area contributed by atoms with Gasteiger partial charge in [-0.25, -0.2) is 19.2 Å². The number of carboxylic acid groups (broad SMARTS) is 1. The van der Waals surface area contributed by atoms with Gasteiger partial charge in [0.1, 0.15) is 5.60 Å². The molecule has 5 N–H and O–H groups in total. The number of hydrogen-bond acceptors (Lipinski definition) is 27. The molecule has 0 aliphatic carbocycles. The van der Waals surface area contributed by atoms with Crippen LogP contribution in [0, 0.1) is 0 Å². The Balaban J connectivity index is 0.000000193. The van der Waals surface area contributed by atoms with Crippen LogP contribution in [0.5, 0.6) is 0 Å². The van der Waals surface area contributed by atoms with Gasteiger partial charge in [-0.1, -0.05) is 70.5 Å². The van der Waals surface area contributed by atoms with E-state index in [2.05, 4.69) is 203 Å². The molecule has 7 aromatic heterocycles. The Morgan fingerprint density at radius 3 is 1.09 bits per heavy atom. The van der Waals surface area contributed by atoms with Crippen molar-refractivity contribution in [1.82, 2.24) is 54.7 Å². The molecule has 0 aliphatic heterocycles. The number of halogens is 1. The first kappa shape index (κ1) is 107. The van der Waals surface area contributed by atoms with Crippen LogP contribution < -0.4 is 36.0 Å². The summed E-state index contributed by atoms with van der Waals surface area (Å²) in [5.41, 5.74) is 21.3. The number of nitrogens with zero attached hydrogens (tertiary/aromatic N) is 14. The van der Waals surface area contributed by atoms with E-state index in [4.69, 9.17) is 25.1 Å². The fourth-order valence-corrected chi connectivity index (χ4v) is 15.4. The molecule has 0 saturated carbocycles. The summed E-state index contributed by atoms with van der Waals surface area (Å²) in [5, 5.41) is 23.5. The molecule has 0 bridgehead atoms. The van der Waals surface area contributed by atoms with Gasteiger partial charge in [0.2, 0.25) is 0 Å². The molecule has 0 radical (unpaired) electrons. The van der Waals surface area contributed by atoms with Gasteiger partial charge in [-0.3, -0.25) is 39.8 Å². The average molecular weight is 1950 g/mol. The number of pyridine rings is 5. The third kappa shape index (κ3) is 33.7. The van der Waals surface area contributed by atoms with Crippen molar-refractivity contribution in [3.8, 4) is 20.9 Å². The number of thiophene rings is 2. The SMILES string of the molecule is CCOC(=O)c1cnc2cc(Br)ccc2c1.CCOC(=O)c1cnc2cc(N(C)CCN(C)C)ccc2c1.CN(C)CCN(C)c1ccc2cc(C(=O)Cc3cc(-c4cccs4)ccc3N)cnc2c1.CN(C)CCN(C)c1ccc2cc(C(=O)Cc3cc(-c4cccs4)ccc3NC(=O)OC(C)(C)C)cnc2c1.CN(C)CCN(C)c1ccc2cc(C(=O)O)cnc2c1.CNCCN(C)C. The number of fused-ring (bicyclic) bond motifs is 5. The van der Waals surface area contributed by atoms with Crippen molar-refractivity contribution in [1.29, 1.82) is 0 Å². The lowest BCUT2D eigenvalue weighted by atomic mass is 9.99. The highest BCUT2D eigenvalue weighted by Gasteiger charge is 2.22. The summed E-state index contributed by atoms with van der Waals surface area (Å²) in [7, 11) is 30.8. The monoisotopic (exact) mass is 1940 g/mol. The number of Topliss-reactive ketones (excluding diaryl/α,β-unsaturated/α-hetero) is 2. The van der Waals surface area contributed by atoms with Crippen LogP contribution in [0.4, 0.5) is 38.9 Å². The smallest absolute Gasteiger partial charge is 0.412 e. The Morgan fingerprint density at radius 2 is 0.743 bits per heavy atom. The molecule has 0 atom stereocenters. The molecule has 0 fully saturated rings. The summed E-state index contributed by atoms with van der Waals surface area (Å²) in [6.07, 6.45) is 7.63. The Hall–Kier alpha value is -12.8. The third-order valence-electron chi connectivity index (χ3n) is 21.5. The van der Waals surface area contributed by atoms with Gasteiger partial charge in [-0.15, -0.1) is 22.7 Å². The van der Waals surface area contributed by atoms with Crippen molar-refractivity contribution in [3.63, 3.8) is 0 Å². The number of anilines is 6. The number of carboxylic acids is 1. The maximum Gasteiger partial charge on any atom is 0.412 e. The molecule has 14 aromatic rings. The Kier molecular flexibility index (Phi) is 41.2. The van der Waals surface area contributed by atoms with E-state index in [0.29, 0.717) is 46.8 Å². The number of esters is 2. The molecule has 718 valence electrons. The summed E-state index contributed by atoms with van der Waals surface area (Å²) >= 11 is 6.67. The third-order valence-corrected chi connectivity index (χ3v) is 23.9. The zero-order valence-corrected chi connectivity index (χ0v) is 85.1. The van der Waals surface area contributed by atoms with E-state index in [1.165, 1.54) is 12.4 Å². The van der Waals surface area contributed by atoms with Gasteiger partial charge in [-0.2, -0.15) is 0 Å². The number of benzene rings is 7. The molecular weight excluding hydrogens is 1820 g/mol. The van der Waals surface area contributed by atoms with Gasteiger partial charge in [0.15, 0.2) is 11.6 Å². The predicted octanol–water partition coefficient (Wildman–Crippen LogP) is 19.0. The van der Waals surface area contributed by atoms with Gasteiger partial charge in [0.05, 0.1) is 57.5 Å². The van der Waals surface area contributed by atoms with Crippen LogP contribution in [0.2, 0.25) is 0 Å². The molecule has 14 rings (SSSR count). The zero-order chi connectivity index (χ0) is 98.9. The number of carbonyl (C=O) groups is 6. The normalized spacial score (nSPS) is 11.1. The topological polar surface area (TPSA) is 294 Å². The van der Waals surface area contributed by atoms with E-state index in [0.717, 1.165) is 179 Å². The molecule has 27 nitrogen and oxygen atoms in total. The highest BCUT2D eigenvalue weighted by Crippen LogP contribution is 2.34. The first-order valence-electron chi connectivity index (χ1n) is 44.9. The molecule has 136 heavy (non-hydrogen) atoms. The summed E-state index contributed by atoms with van der Waals surface area (Å²) < 4.78 is 16.3. The van der Waals surface area contributed by atoms with Crippen molar-refractivity contribution in [2.45, 2.75) is 53.1 Å². The second-order valence-corrected chi connectivity index (χ2v) is 37.9. The number of nitrogen functional groups attached to an aromatic ring is 1.